The van der Waals surface area contributed by atoms with Gasteiger partial charge in [0.25, 0.3) is 17.7 Å². The van der Waals surface area contributed by atoms with Crippen LogP contribution in [-0.4, -0.2) is 34.8 Å². The van der Waals surface area contributed by atoms with Crippen LogP contribution in [0.1, 0.15) is 50.8 Å². The number of hydrogen-bond acceptors (Lipinski definition) is 4. The number of fused-ring (bicyclic) bond motifs is 3. The van der Waals surface area contributed by atoms with Gasteiger partial charge < -0.3 is 14.4 Å². The summed E-state index contributed by atoms with van der Waals surface area (Å²) < 4.78 is 13.4. The van der Waals surface area contributed by atoms with Gasteiger partial charge in [-0.1, -0.05) is 72.3 Å². The fourth-order valence-electron chi connectivity index (χ4n) is 6.37. The topological polar surface area (TPSA) is 59.1 Å². The molecular weight excluding hydrogens is 524 g/mol. The molecule has 0 aliphatic carbocycles. The SMILES string of the molecule is CCO[C@@]12O[C@]3(CC1=C(Cc1ccc(Cl)cc1)C(=O)N2C(C)(C)C)C(=O)N(Cc1ccccc1)c1ccccc13. The molecule has 3 heterocycles. The number of rotatable bonds is 6. The van der Waals surface area contributed by atoms with E-state index in [0.717, 1.165) is 22.4 Å². The van der Waals surface area contributed by atoms with E-state index in [1.807, 2.05) is 107 Å². The molecule has 1 spiro atoms. The van der Waals surface area contributed by atoms with Gasteiger partial charge in [-0.25, -0.2) is 0 Å². The predicted molar refractivity (Wildman–Crippen MR) is 155 cm³/mol. The second kappa shape index (κ2) is 9.58. The zero-order valence-corrected chi connectivity index (χ0v) is 24.0. The van der Waals surface area contributed by atoms with Crippen LogP contribution in [0.15, 0.2) is 90.0 Å². The van der Waals surface area contributed by atoms with E-state index in [2.05, 4.69) is 0 Å². The monoisotopic (exact) mass is 556 g/mol. The first-order valence-corrected chi connectivity index (χ1v) is 14.1. The Bertz CT molecular complexity index is 1510. The van der Waals surface area contributed by atoms with Gasteiger partial charge in [0.15, 0.2) is 5.60 Å². The summed E-state index contributed by atoms with van der Waals surface area (Å²) in [5.41, 5.74) is 2.95. The minimum atomic E-state index is -1.49. The molecule has 0 unspecified atom stereocenters. The zero-order valence-electron chi connectivity index (χ0n) is 23.2. The zero-order chi connectivity index (χ0) is 28.3. The Morgan fingerprint density at radius 3 is 2.27 bits per heavy atom. The summed E-state index contributed by atoms with van der Waals surface area (Å²) >= 11 is 6.14. The van der Waals surface area contributed by atoms with Crippen molar-refractivity contribution in [2.45, 2.75) is 64.1 Å². The molecule has 1 fully saturated rings. The Hall–Kier alpha value is -3.45. The second-order valence-corrected chi connectivity index (χ2v) is 12.0. The summed E-state index contributed by atoms with van der Waals surface area (Å²) in [5.74, 6) is -1.77. The van der Waals surface area contributed by atoms with Gasteiger partial charge in [0, 0.05) is 46.7 Å². The van der Waals surface area contributed by atoms with Gasteiger partial charge in [-0.05, 0) is 57.0 Å². The molecular formula is C33H33ClN2O4. The normalized spacial score (nSPS) is 23.9. The lowest BCUT2D eigenvalue weighted by Gasteiger charge is -2.45. The highest BCUT2D eigenvalue weighted by Crippen LogP contribution is 2.60. The van der Waals surface area contributed by atoms with Crippen LogP contribution in [0.4, 0.5) is 5.69 Å². The van der Waals surface area contributed by atoms with E-state index in [1.165, 1.54) is 0 Å². The first kappa shape index (κ1) is 26.8. The molecule has 0 saturated carbocycles. The van der Waals surface area contributed by atoms with E-state index in [0.29, 0.717) is 35.7 Å². The molecule has 0 N–H and O–H groups in total. The molecule has 0 bridgehead atoms. The van der Waals surface area contributed by atoms with Gasteiger partial charge in [-0.2, -0.15) is 0 Å². The highest BCUT2D eigenvalue weighted by molar-refractivity contribution is 6.30. The Morgan fingerprint density at radius 2 is 1.60 bits per heavy atom. The largest absolute Gasteiger partial charge is 0.329 e. The van der Waals surface area contributed by atoms with Crippen LogP contribution in [0.5, 0.6) is 0 Å². The molecule has 7 heteroatoms. The van der Waals surface area contributed by atoms with Crippen molar-refractivity contribution in [1.82, 2.24) is 4.90 Å². The first-order chi connectivity index (χ1) is 19.1. The molecule has 0 aromatic heterocycles. The number of anilines is 1. The van der Waals surface area contributed by atoms with E-state index < -0.39 is 17.1 Å². The molecule has 3 aromatic carbocycles. The number of hydrogen-bond donors (Lipinski definition) is 0. The number of carbonyl (C=O) groups is 2. The number of benzene rings is 3. The fraction of sp³-hybridized carbons (Fsp3) is 0.333. The molecule has 3 aromatic rings. The molecule has 3 aliphatic heterocycles. The summed E-state index contributed by atoms with van der Waals surface area (Å²) in [6.45, 7) is 8.51. The molecule has 2 atom stereocenters. The molecule has 6 rings (SSSR count). The Morgan fingerprint density at radius 1 is 0.925 bits per heavy atom. The first-order valence-electron chi connectivity index (χ1n) is 13.7. The molecule has 1 saturated heterocycles. The maximum atomic E-state index is 14.5. The van der Waals surface area contributed by atoms with Crippen molar-refractivity contribution >= 4 is 29.1 Å². The van der Waals surface area contributed by atoms with Gasteiger partial charge in [0.1, 0.15) is 0 Å². The van der Waals surface area contributed by atoms with Crippen LogP contribution in [0.2, 0.25) is 5.02 Å². The van der Waals surface area contributed by atoms with Crippen molar-refractivity contribution in [1.29, 1.82) is 0 Å². The van der Waals surface area contributed by atoms with Gasteiger partial charge in [0.05, 0.1) is 12.2 Å². The van der Waals surface area contributed by atoms with Crippen molar-refractivity contribution in [2.24, 2.45) is 0 Å². The molecule has 3 aliphatic rings. The standard InChI is InChI=1S/C33H33ClN2O4/c1-5-39-33-27(25(29(37)36(33)31(2,3)4)19-22-15-17-24(34)18-16-22)20-32(40-33)26-13-9-10-14-28(26)35(30(32)38)21-23-11-7-6-8-12-23/h6-18H,5,19-21H2,1-4H3/t32-,33+/m0/s1. The third kappa shape index (κ3) is 4.00. The highest BCUT2D eigenvalue weighted by Gasteiger charge is 2.70. The fourth-order valence-corrected chi connectivity index (χ4v) is 6.49. The van der Waals surface area contributed by atoms with Gasteiger partial charge in [-0.15, -0.1) is 0 Å². The number of halogens is 1. The van der Waals surface area contributed by atoms with Crippen LogP contribution >= 0.6 is 11.6 Å². The van der Waals surface area contributed by atoms with Crippen molar-refractivity contribution in [3.63, 3.8) is 0 Å². The van der Waals surface area contributed by atoms with Gasteiger partial charge in [-0.3, -0.25) is 14.5 Å². The van der Waals surface area contributed by atoms with E-state index in [4.69, 9.17) is 21.1 Å². The predicted octanol–water partition coefficient (Wildman–Crippen LogP) is 6.37. The van der Waals surface area contributed by atoms with Crippen LogP contribution < -0.4 is 4.90 Å². The highest BCUT2D eigenvalue weighted by atomic mass is 35.5. The number of amides is 2. The second-order valence-electron chi connectivity index (χ2n) is 11.6. The molecule has 206 valence electrons. The summed E-state index contributed by atoms with van der Waals surface area (Å²) in [6, 6.07) is 25.2. The molecule has 2 amide bonds. The van der Waals surface area contributed by atoms with E-state index in [9.17, 15) is 9.59 Å². The van der Waals surface area contributed by atoms with Crippen molar-refractivity contribution in [3.8, 4) is 0 Å². The van der Waals surface area contributed by atoms with Crippen LogP contribution in [0.25, 0.3) is 0 Å². The van der Waals surface area contributed by atoms with E-state index in [1.54, 1.807) is 9.80 Å². The van der Waals surface area contributed by atoms with E-state index in [-0.39, 0.29) is 18.2 Å². The Labute approximate surface area is 240 Å². The maximum absolute atomic E-state index is 14.5. The Balaban J connectivity index is 1.51. The summed E-state index contributed by atoms with van der Waals surface area (Å²) in [7, 11) is 0. The van der Waals surface area contributed by atoms with Gasteiger partial charge in [0.2, 0.25) is 0 Å². The lowest BCUT2D eigenvalue weighted by Crippen LogP contribution is -2.60. The molecule has 0 radical (unpaired) electrons. The number of nitrogens with zero attached hydrogens (tertiary/aromatic N) is 2. The quantitative estimate of drug-likeness (QED) is 0.354. The number of para-hydroxylation sites is 1. The Kier molecular flexibility index (Phi) is 6.41. The molecule has 6 nitrogen and oxygen atoms in total. The van der Waals surface area contributed by atoms with E-state index >= 15 is 0 Å². The van der Waals surface area contributed by atoms with Gasteiger partial charge >= 0.3 is 0 Å². The number of carbonyl (C=O) groups excluding carboxylic acids is 2. The summed E-state index contributed by atoms with van der Waals surface area (Å²) in [4.78, 5) is 32.1. The van der Waals surface area contributed by atoms with Crippen LogP contribution in [0.3, 0.4) is 0 Å². The maximum Gasteiger partial charge on any atom is 0.281 e. The minimum absolute atomic E-state index is 0.138. The third-order valence-electron chi connectivity index (χ3n) is 7.95. The average molecular weight is 557 g/mol. The minimum Gasteiger partial charge on any atom is -0.329 e. The smallest absolute Gasteiger partial charge is 0.281 e. The lowest BCUT2D eigenvalue weighted by molar-refractivity contribution is -0.305. The molecule has 40 heavy (non-hydrogen) atoms. The number of ether oxygens (including phenoxy) is 2. The lowest BCUT2D eigenvalue weighted by atomic mass is 9.88. The van der Waals surface area contributed by atoms with Crippen molar-refractivity contribution < 1.29 is 19.1 Å². The summed E-state index contributed by atoms with van der Waals surface area (Å²) in [5, 5.41) is 0.633. The van der Waals surface area contributed by atoms with Crippen molar-refractivity contribution in [2.75, 3.05) is 11.5 Å². The average Bonchev–Trinajstić information content (AvgIpc) is 3.45. The van der Waals surface area contributed by atoms with Crippen LogP contribution in [0, 0.1) is 0 Å². The van der Waals surface area contributed by atoms with Crippen molar-refractivity contribution in [3.05, 3.63) is 112 Å². The van der Waals surface area contributed by atoms with Crippen LogP contribution in [-0.2, 0) is 37.6 Å². The summed E-state index contributed by atoms with van der Waals surface area (Å²) in [6.07, 6.45) is 0.616. The third-order valence-corrected chi connectivity index (χ3v) is 8.20.